The molecule has 2 N–H and O–H groups in total. The molecule has 1 aliphatic heterocycles. The Labute approximate surface area is 117 Å². The van der Waals surface area contributed by atoms with Gasteiger partial charge >= 0.3 is 5.97 Å². The molecule has 0 aromatic heterocycles. The molecule has 5 heteroatoms. The molecular formula is C15H19NO4. The standard InChI is InChI=1S/C15H19NO4/c1-2-3-7-11(15(18)19)16-14(17)13-9-10-6-4-5-8-12(10)20-13/h4-6,8,11,13H,2-3,7,9H2,1H3,(H,16,17)(H,18,19)/t11-,13?/m0/s1. The Bertz CT molecular complexity index is 475. The molecule has 0 spiro atoms. The summed E-state index contributed by atoms with van der Waals surface area (Å²) in [7, 11) is 0. The number of rotatable bonds is 6. The summed E-state index contributed by atoms with van der Waals surface area (Å²) in [5.74, 6) is -0.653. The Morgan fingerprint density at radius 1 is 1.45 bits per heavy atom. The first kappa shape index (κ1) is 14.4. The summed E-state index contributed by atoms with van der Waals surface area (Å²) in [4.78, 5) is 23.2. The van der Waals surface area contributed by atoms with Gasteiger partial charge in [-0.25, -0.2) is 4.79 Å². The molecule has 20 heavy (non-hydrogen) atoms. The molecule has 1 unspecified atom stereocenters. The second-order valence-corrected chi connectivity index (χ2v) is 4.96. The zero-order chi connectivity index (χ0) is 14.5. The highest BCUT2D eigenvalue weighted by Gasteiger charge is 2.31. The number of benzene rings is 1. The maximum absolute atomic E-state index is 12.1. The number of carbonyl (C=O) groups is 2. The third-order valence-electron chi connectivity index (χ3n) is 3.40. The predicted octanol–water partition coefficient (Wildman–Crippen LogP) is 1.75. The van der Waals surface area contributed by atoms with E-state index in [4.69, 9.17) is 9.84 Å². The number of aliphatic carboxylic acids is 1. The maximum Gasteiger partial charge on any atom is 0.326 e. The molecule has 5 nitrogen and oxygen atoms in total. The fourth-order valence-corrected chi connectivity index (χ4v) is 2.26. The monoisotopic (exact) mass is 277 g/mol. The van der Waals surface area contributed by atoms with Crippen LogP contribution >= 0.6 is 0 Å². The van der Waals surface area contributed by atoms with Crippen LogP contribution in [0.25, 0.3) is 0 Å². The molecule has 0 fully saturated rings. The fourth-order valence-electron chi connectivity index (χ4n) is 2.26. The molecule has 0 bridgehead atoms. The van der Waals surface area contributed by atoms with Crippen LogP contribution in [0.2, 0.25) is 0 Å². The third-order valence-corrected chi connectivity index (χ3v) is 3.40. The van der Waals surface area contributed by atoms with Crippen molar-refractivity contribution in [1.82, 2.24) is 5.32 Å². The van der Waals surface area contributed by atoms with Crippen molar-refractivity contribution in [2.24, 2.45) is 0 Å². The Hall–Kier alpha value is -2.04. The molecule has 1 aliphatic rings. The van der Waals surface area contributed by atoms with Crippen molar-refractivity contribution in [2.75, 3.05) is 0 Å². The highest BCUT2D eigenvalue weighted by molar-refractivity contribution is 5.87. The van der Waals surface area contributed by atoms with E-state index in [2.05, 4.69) is 5.32 Å². The number of para-hydroxylation sites is 1. The van der Waals surface area contributed by atoms with Crippen LogP contribution in [-0.2, 0) is 16.0 Å². The van der Waals surface area contributed by atoms with Gasteiger partial charge in [-0.1, -0.05) is 38.0 Å². The summed E-state index contributed by atoms with van der Waals surface area (Å²) in [6, 6.07) is 6.63. The molecule has 1 aromatic rings. The molecule has 2 rings (SSSR count). The van der Waals surface area contributed by atoms with E-state index in [0.29, 0.717) is 18.6 Å². The second-order valence-electron chi connectivity index (χ2n) is 4.96. The van der Waals surface area contributed by atoms with Crippen LogP contribution in [0.3, 0.4) is 0 Å². The maximum atomic E-state index is 12.1. The largest absolute Gasteiger partial charge is 0.480 e. The zero-order valence-corrected chi connectivity index (χ0v) is 11.5. The van der Waals surface area contributed by atoms with Crippen molar-refractivity contribution >= 4 is 11.9 Å². The highest BCUT2D eigenvalue weighted by atomic mass is 16.5. The summed E-state index contributed by atoms with van der Waals surface area (Å²) in [5, 5.41) is 11.7. The number of carboxylic acid groups (broad SMARTS) is 1. The molecule has 1 aromatic carbocycles. The van der Waals surface area contributed by atoms with E-state index < -0.39 is 18.1 Å². The van der Waals surface area contributed by atoms with E-state index in [-0.39, 0.29) is 5.91 Å². The average Bonchev–Trinajstić information content (AvgIpc) is 2.86. The van der Waals surface area contributed by atoms with E-state index in [0.717, 1.165) is 18.4 Å². The van der Waals surface area contributed by atoms with Crippen molar-refractivity contribution in [3.8, 4) is 5.75 Å². The van der Waals surface area contributed by atoms with Crippen molar-refractivity contribution in [1.29, 1.82) is 0 Å². The fraction of sp³-hybridized carbons (Fsp3) is 0.467. The smallest absolute Gasteiger partial charge is 0.326 e. The summed E-state index contributed by atoms with van der Waals surface area (Å²) in [6.07, 6.45) is 1.96. The Balaban J connectivity index is 1.94. The normalized spacial score (nSPS) is 17.9. The van der Waals surface area contributed by atoms with Gasteiger partial charge in [-0.2, -0.15) is 0 Å². The number of nitrogens with one attached hydrogen (secondary N) is 1. The van der Waals surface area contributed by atoms with Crippen LogP contribution in [0.15, 0.2) is 24.3 Å². The second kappa shape index (κ2) is 6.41. The first-order valence-corrected chi connectivity index (χ1v) is 6.89. The van der Waals surface area contributed by atoms with Gasteiger partial charge < -0.3 is 15.2 Å². The lowest BCUT2D eigenvalue weighted by molar-refractivity contribution is -0.143. The van der Waals surface area contributed by atoms with E-state index in [1.165, 1.54) is 0 Å². The van der Waals surface area contributed by atoms with Crippen LogP contribution in [0.4, 0.5) is 0 Å². The summed E-state index contributed by atoms with van der Waals surface area (Å²) in [5.41, 5.74) is 0.980. The van der Waals surface area contributed by atoms with Crippen molar-refractivity contribution in [3.05, 3.63) is 29.8 Å². The molecule has 0 saturated carbocycles. The van der Waals surface area contributed by atoms with Gasteiger partial charge in [-0.3, -0.25) is 4.79 Å². The molecule has 0 aliphatic carbocycles. The van der Waals surface area contributed by atoms with Gasteiger partial charge in [0.1, 0.15) is 11.8 Å². The number of carboxylic acids is 1. The van der Waals surface area contributed by atoms with Crippen molar-refractivity contribution in [3.63, 3.8) is 0 Å². The number of carbonyl (C=O) groups excluding carboxylic acids is 1. The van der Waals surface area contributed by atoms with Crippen LogP contribution in [-0.4, -0.2) is 29.1 Å². The predicted molar refractivity (Wildman–Crippen MR) is 73.7 cm³/mol. The quantitative estimate of drug-likeness (QED) is 0.830. The molecule has 0 saturated heterocycles. The van der Waals surface area contributed by atoms with Crippen molar-refractivity contribution < 1.29 is 19.4 Å². The lowest BCUT2D eigenvalue weighted by atomic mass is 10.1. The minimum absolute atomic E-state index is 0.357. The minimum Gasteiger partial charge on any atom is -0.480 e. The Morgan fingerprint density at radius 2 is 2.20 bits per heavy atom. The van der Waals surface area contributed by atoms with Crippen molar-refractivity contribution in [2.45, 2.75) is 44.8 Å². The summed E-state index contributed by atoms with van der Waals surface area (Å²) >= 11 is 0. The van der Waals surface area contributed by atoms with E-state index in [9.17, 15) is 9.59 Å². The number of amides is 1. The van der Waals surface area contributed by atoms with Crippen LogP contribution < -0.4 is 10.1 Å². The van der Waals surface area contributed by atoms with Crippen LogP contribution in [0, 0.1) is 0 Å². The van der Waals surface area contributed by atoms with Crippen LogP contribution in [0.5, 0.6) is 5.75 Å². The molecule has 0 radical (unpaired) electrons. The number of unbranched alkanes of at least 4 members (excludes halogenated alkanes) is 1. The Morgan fingerprint density at radius 3 is 2.85 bits per heavy atom. The molecule has 1 amide bonds. The summed E-state index contributed by atoms with van der Waals surface area (Å²) in [6.45, 7) is 1.98. The first-order valence-electron chi connectivity index (χ1n) is 6.89. The van der Waals surface area contributed by atoms with E-state index in [1.54, 1.807) is 0 Å². The third kappa shape index (κ3) is 3.29. The molecule has 108 valence electrons. The number of hydrogen-bond donors (Lipinski definition) is 2. The number of ether oxygens (including phenoxy) is 1. The van der Waals surface area contributed by atoms with Gasteiger partial charge in [0.15, 0.2) is 6.10 Å². The molecular weight excluding hydrogens is 258 g/mol. The van der Waals surface area contributed by atoms with Gasteiger partial charge in [0.05, 0.1) is 0 Å². The Kier molecular flexibility index (Phi) is 4.61. The van der Waals surface area contributed by atoms with Gasteiger partial charge in [-0.05, 0) is 18.1 Å². The van der Waals surface area contributed by atoms with E-state index in [1.807, 2.05) is 31.2 Å². The average molecular weight is 277 g/mol. The zero-order valence-electron chi connectivity index (χ0n) is 11.5. The molecule has 1 heterocycles. The van der Waals surface area contributed by atoms with E-state index >= 15 is 0 Å². The molecule has 2 atom stereocenters. The number of hydrogen-bond acceptors (Lipinski definition) is 3. The lowest BCUT2D eigenvalue weighted by Crippen LogP contribution is -2.46. The van der Waals surface area contributed by atoms with Gasteiger partial charge in [-0.15, -0.1) is 0 Å². The van der Waals surface area contributed by atoms with Gasteiger partial charge in [0, 0.05) is 6.42 Å². The minimum atomic E-state index is -0.998. The van der Waals surface area contributed by atoms with Gasteiger partial charge in [0.25, 0.3) is 5.91 Å². The van der Waals surface area contributed by atoms with Crippen LogP contribution in [0.1, 0.15) is 31.7 Å². The lowest BCUT2D eigenvalue weighted by Gasteiger charge is -2.17. The topological polar surface area (TPSA) is 75.6 Å². The number of fused-ring (bicyclic) bond motifs is 1. The van der Waals surface area contributed by atoms with Gasteiger partial charge in [0.2, 0.25) is 0 Å². The highest BCUT2D eigenvalue weighted by Crippen LogP contribution is 2.28. The first-order chi connectivity index (χ1) is 9.61. The summed E-state index contributed by atoms with van der Waals surface area (Å²) < 4.78 is 5.55. The SMILES string of the molecule is CCCC[C@H](NC(=O)C1Cc2ccccc2O1)C(=O)O.